The fraction of sp³-hybridized carbons (Fsp3) is 0.185. The van der Waals surface area contributed by atoms with Crippen LogP contribution in [0, 0.1) is 5.82 Å². The van der Waals surface area contributed by atoms with E-state index in [0.29, 0.717) is 30.2 Å². The largest absolute Gasteiger partial charge is 0.507 e. The van der Waals surface area contributed by atoms with E-state index in [1.54, 1.807) is 18.2 Å². The van der Waals surface area contributed by atoms with Crippen molar-refractivity contribution in [1.29, 1.82) is 0 Å². The molecule has 3 aromatic rings. The van der Waals surface area contributed by atoms with Gasteiger partial charge in [-0.2, -0.15) is 13.2 Å². The number of rotatable bonds is 3. The van der Waals surface area contributed by atoms with Crippen LogP contribution < -0.4 is 14.5 Å². The average Bonchev–Trinajstić information content (AvgIpc) is 3.14. The summed E-state index contributed by atoms with van der Waals surface area (Å²) in [5.74, 6) is -2.49. The number of hydrogen-bond donors (Lipinski definition) is 1. The molecule has 190 valence electrons. The van der Waals surface area contributed by atoms with Gasteiger partial charge in [0.15, 0.2) is 0 Å². The van der Waals surface area contributed by atoms with E-state index < -0.39 is 41.0 Å². The number of anilines is 2. The molecule has 0 radical (unpaired) electrons. The minimum atomic E-state index is -4.59. The third-order valence-electron chi connectivity index (χ3n) is 6.43. The Hall–Kier alpha value is -4.34. The molecule has 0 aromatic heterocycles. The average molecular weight is 512 g/mol. The third kappa shape index (κ3) is 4.28. The highest BCUT2D eigenvalue weighted by atomic mass is 19.4. The van der Waals surface area contributed by atoms with Gasteiger partial charge in [-0.1, -0.05) is 12.1 Å². The zero-order valence-electron chi connectivity index (χ0n) is 19.4. The number of ether oxygens (including phenoxy) is 1. The minimum Gasteiger partial charge on any atom is -0.507 e. The monoisotopic (exact) mass is 512 g/mol. The lowest BCUT2D eigenvalue weighted by atomic mass is 9.94. The van der Waals surface area contributed by atoms with Gasteiger partial charge in [0.25, 0.3) is 11.7 Å². The van der Waals surface area contributed by atoms with E-state index in [4.69, 9.17) is 4.74 Å². The van der Waals surface area contributed by atoms with Crippen LogP contribution >= 0.6 is 0 Å². The number of amides is 1. The van der Waals surface area contributed by atoms with E-state index in [2.05, 4.69) is 0 Å². The standard InChI is InChI=1S/C27H20F4N2O4/c1-32-12-13-37-21-11-4-16(14-20(21)32)24(34)22-23(15-2-7-18(28)8-3-15)33(26(36)25(22)35)19-9-5-17(6-10-19)27(29,30)31/h2-11,14,23,34H,12-13H2,1H3/b24-22-. The highest BCUT2D eigenvalue weighted by Crippen LogP contribution is 2.44. The van der Waals surface area contributed by atoms with Crippen molar-refractivity contribution in [3.8, 4) is 5.75 Å². The second-order valence-corrected chi connectivity index (χ2v) is 8.72. The molecule has 0 bridgehead atoms. The van der Waals surface area contributed by atoms with Gasteiger partial charge in [-0.05, 0) is 60.2 Å². The van der Waals surface area contributed by atoms with E-state index >= 15 is 0 Å². The number of Topliss-reactive ketones (excluding diaryl/α,β-unsaturated/α-hetero) is 1. The van der Waals surface area contributed by atoms with E-state index in [1.165, 1.54) is 12.1 Å². The quantitative estimate of drug-likeness (QED) is 0.223. The second-order valence-electron chi connectivity index (χ2n) is 8.72. The molecule has 6 nitrogen and oxygen atoms in total. The highest BCUT2D eigenvalue weighted by molar-refractivity contribution is 6.51. The maximum atomic E-state index is 13.7. The van der Waals surface area contributed by atoms with E-state index in [-0.39, 0.29) is 16.8 Å². The summed E-state index contributed by atoms with van der Waals surface area (Å²) in [5, 5.41) is 11.3. The summed E-state index contributed by atoms with van der Waals surface area (Å²) >= 11 is 0. The van der Waals surface area contributed by atoms with Gasteiger partial charge in [0, 0.05) is 18.3 Å². The normalized spacial score (nSPS) is 19.1. The first-order valence-corrected chi connectivity index (χ1v) is 11.3. The SMILES string of the molecule is CN1CCOc2ccc(/C(O)=C3/C(=O)C(=O)N(c4ccc(C(F)(F)F)cc4)C3c3ccc(F)cc3)cc21. The molecule has 10 heteroatoms. The number of likely N-dealkylation sites (N-methyl/N-ethyl adjacent to an activating group) is 1. The van der Waals surface area contributed by atoms with Gasteiger partial charge in [-0.25, -0.2) is 4.39 Å². The molecule has 1 atom stereocenters. The van der Waals surface area contributed by atoms with Gasteiger partial charge in [0.2, 0.25) is 0 Å². The molecule has 3 aromatic carbocycles. The number of carbonyl (C=O) groups is 2. The van der Waals surface area contributed by atoms with Gasteiger partial charge < -0.3 is 14.7 Å². The van der Waals surface area contributed by atoms with Crippen molar-refractivity contribution in [3.63, 3.8) is 0 Å². The van der Waals surface area contributed by atoms with E-state index in [1.807, 2.05) is 11.9 Å². The summed E-state index contributed by atoms with van der Waals surface area (Å²) in [7, 11) is 1.84. The Morgan fingerprint density at radius 3 is 2.32 bits per heavy atom. The maximum Gasteiger partial charge on any atom is 0.416 e. The van der Waals surface area contributed by atoms with Crippen LogP contribution in [0.1, 0.15) is 22.7 Å². The molecule has 0 saturated carbocycles. The van der Waals surface area contributed by atoms with E-state index in [9.17, 15) is 32.3 Å². The number of ketones is 1. The molecule has 1 fully saturated rings. The molecule has 37 heavy (non-hydrogen) atoms. The van der Waals surface area contributed by atoms with Crippen molar-refractivity contribution in [2.75, 3.05) is 30.0 Å². The molecule has 1 unspecified atom stereocenters. The lowest BCUT2D eigenvalue weighted by molar-refractivity contribution is -0.137. The van der Waals surface area contributed by atoms with Crippen LogP contribution in [0.5, 0.6) is 5.75 Å². The van der Waals surface area contributed by atoms with Crippen molar-refractivity contribution in [3.05, 3.63) is 94.8 Å². The Morgan fingerprint density at radius 2 is 1.68 bits per heavy atom. The Kier molecular flexibility index (Phi) is 5.89. The van der Waals surface area contributed by atoms with Gasteiger partial charge >= 0.3 is 6.18 Å². The van der Waals surface area contributed by atoms with Crippen LogP contribution in [0.25, 0.3) is 5.76 Å². The number of nitrogens with zero attached hydrogens (tertiary/aromatic N) is 2. The van der Waals surface area contributed by atoms with Crippen molar-refractivity contribution in [1.82, 2.24) is 0 Å². The zero-order valence-corrected chi connectivity index (χ0v) is 19.4. The first kappa shape index (κ1) is 24.4. The molecular weight excluding hydrogens is 492 g/mol. The minimum absolute atomic E-state index is 0.0158. The van der Waals surface area contributed by atoms with Gasteiger partial charge in [0.1, 0.15) is 23.9 Å². The van der Waals surface area contributed by atoms with Crippen LogP contribution in [0.3, 0.4) is 0 Å². The number of halogens is 4. The second kappa shape index (κ2) is 8.95. The third-order valence-corrected chi connectivity index (χ3v) is 6.43. The molecular formula is C27H20F4N2O4. The molecule has 0 aliphatic carbocycles. The van der Waals surface area contributed by atoms with Crippen molar-refractivity contribution < 1.29 is 37.0 Å². The number of aliphatic hydroxyl groups excluding tert-OH is 1. The molecule has 2 aliphatic heterocycles. The Bertz CT molecular complexity index is 1420. The number of aliphatic hydroxyl groups is 1. The Balaban J connectivity index is 1.66. The molecule has 1 amide bonds. The number of carbonyl (C=O) groups excluding carboxylic acids is 2. The summed E-state index contributed by atoms with van der Waals surface area (Å²) in [4.78, 5) is 29.3. The van der Waals surface area contributed by atoms with Crippen molar-refractivity contribution in [2.45, 2.75) is 12.2 Å². The zero-order chi connectivity index (χ0) is 26.5. The first-order valence-electron chi connectivity index (χ1n) is 11.3. The molecule has 0 spiro atoms. The van der Waals surface area contributed by atoms with Gasteiger partial charge in [-0.3, -0.25) is 14.5 Å². The molecule has 1 saturated heterocycles. The predicted octanol–water partition coefficient (Wildman–Crippen LogP) is 5.30. The summed E-state index contributed by atoms with van der Waals surface area (Å²) < 4.78 is 58.6. The Morgan fingerprint density at radius 1 is 1.00 bits per heavy atom. The summed E-state index contributed by atoms with van der Waals surface area (Å²) in [5.41, 5.74) is 0.0316. The van der Waals surface area contributed by atoms with Crippen molar-refractivity contribution in [2.24, 2.45) is 0 Å². The van der Waals surface area contributed by atoms with Crippen LogP contribution in [0.2, 0.25) is 0 Å². The summed E-state index contributed by atoms with van der Waals surface area (Å²) in [6, 6.07) is 12.3. The van der Waals surface area contributed by atoms with Crippen LogP contribution in [0.15, 0.2) is 72.3 Å². The van der Waals surface area contributed by atoms with E-state index in [0.717, 1.165) is 41.3 Å². The van der Waals surface area contributed by atoms with Gasteiger partial charge in [0.05, 0.1) is 29.4 Å². The lowest BCUT2D eigenvalue weighted by Crippen LogP contribution is -2.29. The smallest absolute Gasteiger partial charge is 0.416 e. The van der Waals surface area contributed by atoms with Crippen molar-refractivity contribution >= 4 is 28.8 Å². The molecule has 2 aliphatic rings. The predicted molar refractivity (Wildman–Crippen MR) is 128 cm³/mol. The molecule has 1 N–H and O–H groups in total. The lowest BCUT2D eigenvalue weighted by Gasteiger charge is -2.28. The van der Waals surface area contributed by atoms with Crippen LogP contribution in [0.4, 0.5) is 28.9 Å². The number of fused-ring (bicyclic) bond motifs is 1. The highest BCUT2D eigenvalue weighted by Gasteiger charge is 2.47. The first-order chi connectivity index (χ1) is 17.6. The topological polar surface area (TPSA) is 70.1 Å². The number of alkyl halides is 3. The molecule has 2 heterocycles. The fourth-order valence-electron chi connectivity index (χ4n) is 4.52. The fourth-order valence-corrected chi connectivity index (χ4v) is 4.52. The number of benzene rings is 3. The van der Waals surface area contributed by atoms with Gasteiger partial charge in [-0.15, -0.1) is 0 Å². The maximum absolute atomic E-state index is 13.7. The number of hydrogen-bond acceptors (Lipinski definition) is 5. The van der Waals surface area contributed by atoms with Crippen LogP contribution in [-0.4, -0.2) is 37.0 Å². The summed E-state index contributed by atoms with van der Waals surface area (Å²) in [6.45, 7) is 1.09. The summed E-state index contributed by atoms with van der Waals surface area (Å²) in [6.07, 6.45) is -4.59. The molecule has 5 rings (SSSR count). The van der Waals surface area contributed by atoms with Crippen LogP contribution in [-0.2, 0) is 15.8 Å². The Labute approximate surface area is 209 Å².